The zero-order chi connectivity index (χ0) is 10.7. The third-order valence-corrected chi connectivity index (χ3v) is 2.29. The van der Waals surface area contributed by atoms with Gasteiger partial charge < -0.3 is 10.2 Å². The molecule has 1 aromatic rings. The van der Waals surface area contributed by atoms with Crippen molar-refractivity contribution < 1.29 is 15.0 Å². The van der Waals surface area contributed by atoms with Gasteiger partial charge in [-0.2, -0.15) is 0 Å². The van der Waals surface area contributed by atoms with Crippen LogP contribution in [0.5, 0.6) is 11.5 Å². The summed E-state index contributed by atoms with van der Waals surface area (Å²) in [7, 11) is 0. The molecule has 0 aliphatic heterocycles. The van der Waals surface area contributed by atoms with Crippen molar-refractivity contribution in [3.05, 3.63) is 22.8 Å². The molecule has 2 N–H and O–H groups in total. The highest BCUT2D eigenvalue weighted by molar-refractivity contribution is 5.83. The number of phenolic OH excluding ortho intramolecular Hbond substituents is 2. The number of aryl methyl sites for hydroxylation is 1. The topological polar surface area (TPSA) is 57.5 Å². The number of carbonyl (C=O) groups is 1. The molecule has 0 aromatic heterocycles. The Kier molecular flexibility index (Phi) is 3.12. The molecular weight excluding hydrogens is 180 g/mol. The molecule has 0 spiro atoms. The fourth-order valence-corrected chi connectivity index (χ4v) is 1.43. The lowest BCUT2D eigenvalue weighted by Gasteiger charge is -2.09. The van der Waals surface area contributed by atoms with E-state index in [0.717, 1.165) is 6.42 Å². The van der Waals surface area contributed by atoms with E-state index in [2.05, 4.69) is 0 Å². The molecule has 0 amide bonds. The Morgan fingerprint density at radius 2 is 2.07 bits per heavy atom. The van der Waals surface area contributed by atoms with E-state index in [1.54, 1.807) is 13.0 Å². The first-order valence-corrected chi connectivity index (χ1v) is 4.61. The molecule has 3 nitrogen and oxygen atoms in total. The lowest BCUT2D eigenvalue weighted by molar-refractivity contribution is 0.112. The van der Waals surface area contributed by atoms with Crippen LogP contribution in [0.1, 0.15) is 34.8 Å². The van der Waals surface area contributed by atoms with Crippen molar-refractivity contribution in [2.24, 2.45) is 0 Å². The van der Waals surface area contributed by atoms with Gasteiger partial charge in [0, 0.05) is 5.56 Å². The van der Waals surface area contributed by atoms with Gasteiger partial charge in [0.05, 0.1) is 5.56 Å². The summed E-state index contributed by atoms with van der Waals surface area (Å²) in [5.74, 6) is -0.0694. The van der Waals surface area contributed by atoms with Gasteiger partial charge >= 0.3 is 0 Å². The van der Waals surface area contributed by atoms with Gasteiger partial charge in [0.15, 0.2) is 6.29 Å². The summed E-state index contributed by atoms with van der Waals surface area (Å²) in [6.45, 7) is 3.55. The van der Waals surface area contributed by atoms with Crippen LogP contribution in [-0.4, -0.2) is 16.5 Å². The van der Waals surface area contributed by atoms with E-state index in [-0.39, 0.29) is 11.5 Å². The third kappa shape index (κ3) is 1.71. The number of aromatic hydroxyl groups is 2. The highest BCUT2D eigenvalue weighted by Gasteiger charge is 2.12. The van der Waals surface area contributed by atoms with E-state index >= 15 is 0 Å². The van der Waals surface area contributed by atoms with Crippen LogP contribution < -0.4 is 0 Å². The Hall–Kier alpha value is -1.51. The molecule has 0 unspecified atom stereocenters. The molecule has 0 aliphatic carbocycles. The minimum atomic E-state index is -0.108. The molecule has 0 radical (unpaired) electrons. The van der Waals surface area contributed by atoms with Crippen molar-refractivity contribution in [2.45, 2.75) is 26.7 Å². The van der Waals surface area contributed by atoms with Crippen LogP contribution in [0, 0.1) is 6.92 Å². The van der Waals surface area contributed by atoms with Crippen molar-refractivity contribution in [1.29, 1.82) is 0 Å². The van der Waals surface area contributed by atoms with Crippen LogP contribution in [0.2, 0.25) is 0 Å². The van der Waals surface area contributed by atoms with Crippen molar-refractivity contribution >= 4 is 6.29 Å². The van der Waals surface area contributed by atoms with E-state index in [9.17, 15) is 15.0 Å². The van der Waals surface area contributed by atoms with Crippen molar-refractivity contribution in [3.63, 3.8) is 0 Å². The van der Waals surface area contributed by atoms with Gasteiger partial charge in [-0.1, -0.05) is 13.3 Å². The minimum Gasteiger partial charge on any atom is -0.508 e. The Morgan fingerprint density at radius 3 is 2.57 bits per heavy atom. The first kappa shape index (κ1) is 10.6. The second-order valence-corrected chi connectivity index (χ2v) is 3.31. The van der Waals surface area contributed by atoms with Gasteiger partial charge in [-0.05, 0) is 25.0 Å². The smallest absolute Gasteiger partial charge is 0.154 e. The molecule has 0 saturated carbocycles. The van der Waals surface area contributed by atoms with E-state index < -0.39 is 0 Å². The van der Waals surface area contributed by atoms with Crippen LogP contribution in [0.25, 0.3) is 0 Å². The largest absolute Gasteiger partial charge is 0.508 e. The minimum absolute atomic E-state index is 0.0385. The number of rotatable bonds is 3. The first-order valence-electron chi connectivity index (χ1n) is 4.61. The zero-order valence-electron chi connectivity index (χ0n) is 8.37. The van der Waals surface area contributed by atoms with Crippen molar-refractivity contribution in [2.75, 3.05) is 0 Å². The average molecular weight is 194 g/mol. The summed E-state index contributed by atoms with van der Waals surface area (Å²) < 4.78 is 0. The molecule has 76 valence electrons. The summed E-state index contributed by atoms with van der Waals surface area (Å²) in [6, 6.07) is 1.54. The van der Waals surface area contributed by atoms with Crippen LogP contribution in [0.3, 0.4) is 0 Å². The maximum Gasteiger partial charge on any atom is 0.154 e. The zero-order valence-corrected chi connectivity index (χ0v) is 8.37. The Morgan fingerprint density at radius 1 is 1.43 bits per heavy atom. The lowest BCUT2D eigenvalue weighted by atomic mass is 9.99. The number of benzene rings is 1. The molecular formula is C11H14O3. The highest BCUT2D eigenvalue weighted by Crippen LogP contribution is 2.32. The van der Waals surface area contributed by atoms with Gasteiger partial charge in [0.2, 0.25) is 0 Å². The molecule has 0 bridgehead atoms. The standard InChI is InChI=1S/C11H14O3/c1-3-4-8-5-10(13)7(2)11(14)9(8)6-12/h5-6,13-14H,3-4H2,1-2H3. The molecule has 0 aliphatic rings. The normalized spacial score (nSPS) is 10.1. The van der Waals surface area contributed by atoms with Crippen LogP contribution >= 0.6 is 0 Å². The second-order valence-electron chi connectivity index (χ2n) is 3.31. The number of phenols is 2. The number of hydrogen-bond donors (Lipinski definition) is 2. The predicted octanol–water partition coefficient (Wildman–Crippen LogP) is 2.17. The quantitative estimate of drug-likeness (QED) is 0.725. The van der Waals surface area contributed by atoms with Gasteiger partial charge in [-0.15, -0.1) is 0 Å². The van der Waals surface area contributed by atoms with E-state index in [4.69, 9.17) is 0 Å². The Labute approximate surface area is 83.0 Å². The van der Waals surface area contributed by atoms with Gasteiger partial charge in [0.25, 0.3) is 0 Å². The third-order valence-electron chi connectivity index (χ3n) is 2.29. The monoisotopic (exact) mass is 194 g/mol. The first-order chi connectivity index (χ1) is 6.61. The number of hydrogen-bond acceptors (Lipinski definition) is 3. The fraction of sp³-hybridized carbons (Fsp3) is 0.364. The molecule has 0 fully saturated rings. The molecule has 3 heteroatoms. The maximum absolute atomic E-state index is 10.7. The highest BCUT2D eigenvalue weighted by atomic mass is 16.3. The summed E-state index contributed by atoms with van der Waals surface area (Å²) in [6.07, 6.45) is 2.17. The number of carbonyl (C=O) groups excluding carboxylic acids is 1. The fourth-order valence-electron chi connectivity index (χ4n) is 1.43. The second kappa shape index (κ2) is 4.13. The van der Waals surface area contributed by atoms with Crippen molar-refractivity contribution in [1.82, 2.24) is 0 Å². The van der Waals surface area contributed by atoms with Gasteiger partial charge in [-0.3, -0.25) is 4.79 Å². The molecule has 0 heterocycles. The van der Waals surface area contributed by atoms with E-state index in [1.807, 2.05) is 6.92 Å². The maximum atomic E-state index is 10.7. The average Bonchev–Trinajstić information content (AvgIpc) is 2.16. The molecule has 1 aromatic carbocycles. The Bertz CT molecular complexity index is 356. The van der Waals surface area contributed by atoms with E-state index in [0.29, 0.717) is 29.4 Å². The number of aldehydes is 1. The van der Waals surface area contributed by atoms with Crippen LogP contribution in [0.15, 0.2) is 6.07 Å². The summed E-state index contributed by atoms with van der Waals surface area (Å²) >= 11 is 0. The molecule has 14 heavy (non-hydrogen) atoms. The van der Waals surface area contributed by atoms with Crippen molar-refractivity contribution in [3.8, 4) is 11.5 Å². The molecule has 1 rings (SSSR count). The van der Waals surface area contributed by atoms with Gasteiger partial charge in [-0.25, -0.2) is 0 Å². The molecule has 0 atom stereocenters. The van der Waals surface area contributed by atoms with Crippen LogP contribution in [-0.2, 0) is 6.42 Å². The lowest BCUT2D eigenvalue weighted by Crippen LogP contribution is -1.95. The summed E-state index contributed by atoms with van der Waals surface area (Å²) in [4.78, 5) is 10.7. The van der Waals surface area contributed by atoms with Crippen LogP contribution in [0.4, 0.5) is 0 Å². The Balaban J connectivity index is 3.35. The summed E-state index contributed by atoms with van der Waals surface area (Å²) in [5.41, 5.74) is 1.34. The predicted molar refractivity (Wildman–Crippen MR) is 53.9 cm³/mol. The summed E-state index contributed by atoms with van der Waals surface area (Å²) in [5, 5.41) is 19.0. The SMILES string of the molecule is CCCc1cc(O)c(C)c(O)c1C=O. The molecule has 0 saturated heterocycles. The van der Waals surface area contributed by atoms with E-state index in [1.165, 1.54) is 0 Å². The van der Waals surface area contributed by atoms with Gasteiger partial charge in [0.1, 0.15) is 11.5 Å².